The summed E-state index contributed by atoms with van der Waals surface area (Å²) in [5.41, 5.74) is 0.103. The Hall–Kier alpha value is -0.890. The third-order valence-corrected chi connectivity index (χ3v) is 3.56. The molecule has 0 aromatic carbocycles. The summed E-state index contributed by atoms with van der Waals surface area (Å²) < 4.78 is 0. The Kier molecular flexibility index (Phi) is 4.70. The molecule has 0 saturated carbocycles. The number of carbonyl (C=O) groups is 1. The summed E-state index contributed by atoms with van der Waals surface area (Å²) >= 11 is 0. The van der Waals surface area contributed by atoms with Crippen molar-refractivity contribution in [2.75, 3.05) is 0 Å². The molecule has 2 nitrogen and oxygen atoms in total. The molecule has 0 saturated heterocycles. The van der Waals surface area contributed by atoms with E-state index in [9.17, 15) is 9.90 Å². The highest BCUT2D eigenvalue weighted by Gasteiger charge is 2.33. The third-order valence-electron chi connectivity index (χ3n) is 3.56. The van der Waals surface area contributed by atoms with Crippen LogP contribution in [0, 0.1) is 11.8 Å². The normalized spacial score (nSPS) is 30.2. The Morgan fingerprint density at radius 1 is 1.65 bits per heavy atom. The van der Waals surface area contributed by atoms with Gasteiger partial charge in [-0.15, -0.1) is 0 Å². The predicted octanol–water partition coefficient (Wildman–Crippen LogP) is 3.27. The topological polar surface area (TPSA) is 37.3 Å². The molecule has 0 amide bonds. The van der Waals surface area contributed by atoms with Gasteiger partial charge in [-0.25, -0.2) is 0 Å². The molecule has 0 spiro atoms. The Balaban J connectivity index is 2.52. The Morgan fingerprint density at radius 2 is 2.29 bits per heavy atom. The van der Waals surface area contributed by atoms with Gasteiger partial charge in [0.05, 0.1) is 0 Å². The van der Waals surface area contributed by atoms with Crippen molar-refractivity contribution in [3.8, 4) is 0 Å². The van der Waals surface area contributed by atoms with Crippen molar-refractivity contribution in [2.24, 2.45) is 11.8 Å². The van der Waals surface area contributed by atoms with Crippen LogP contribution in [0.5, 0.6) is 0 Å². The fourth-order valence-electron chi connectivity index (χ4n) is 2.13. The van der Waals surface area contributed by atoms with Crippen LogP contribution in [0.15, 0.2) is 23.8 Å². The lowest BCUT2D eigenvalue weighted by atomic mass is 9.78. The molecule has 2 heteroatoms. The van der Waals surface area contributed by atoms with E-state index >= 15 is 0 Å². The first-order valence-corrected chi connectivity index (χ1v) is 6.41. The molecule has 0 fully saturated rings. The summed E-state index contributed by atoms with van der Waals surface area (Å²) in [7, 11) is 0. The van der Waals surface area contributed by atoms with Crippen LogP contribution in [-0.2, 0) is 4.79 Å². The number of Topliss-reactive ketones (excluding diaryl/α,β-unsaturated/α-hetero) is 1. The van der Waals surface area contributed by atoms with Crippen LogP contribution in [-0.4, -0.2) is 16.5 Å². The lowest BCUT2D eigenvalue weighted by molar-refractivity contribution is -0.133. The van der Waals surface area contributed by atoms with Crippen molar-refractivity contribution in [1.29, 1.82) is 0 Å². The number of ketones is 1. The quantitative estimate of drug-likeness (QED) is 0.761. The van der Waals surface area contributed by atoms with E-state index in [2.05, 4.69) is 26.8 Å². The molecule has 17 heavy (non-hydrogen) atoms. The van der Waals surface area contributed by atoms with Crippen molar-refractivity contribution in [1.82, 2.24) is 0 Å². The van der Waals surface area contributed by atoms with E-state index in [1.807, 2.05) is 6.08 Å². The Labute approximate surface area is 104 Å². The molecule has 96 valence electrons. The van der Waals surface area contributed by atoms with Crippen molar-refractivity contribution >= 4 is 5.78 Å². The largest absolute Gasteiger partial charge is 0.378 e. The molecule has 0 aromatic rings. The van der Waals surface area contributed by atoms with Gasteiger partial charge >= 0.3 is 0 Å². The summed E-state index contributed by atoms with van der Waals surface area (Å²) in [6, 6.07) is 0. The summed E-state index contributed by atoms with van der Waals surface area (Å²) in [6.07, 6.45) is 8.53. The minimum Gasteiger partial charge on any atom is -0.378 e. The minimum atomic E-state index is -1.24. The Bertz CT molecular complexity index is 333. The fraction of sp³-hybridized carbons (Fsp3) is 0.667. The first kappa shape index (κ1) is 14.2. The van der Waals surface area contributed by atoms with Gasteiger partial charge in [0, 0.05) is 6.42 Å². The van der Waals surface area contributed by atoms with E-state index in [1.54, 1.807) is 13.0 Å². The summed E-state index contributed by atoms with van der Waals surface area (Å²) in [5, 5.41) is 9.75. The summed E-state index contributed by atoms with van der Waals surface area (Å²) in [6.45, 7) is 7.95. The van der Waals surface area contributed by atoms with Gasteiger partial charge in [-0.2, -0.15) is 0 Å². The highest BCUT2D eigenvalue weighted by molar-refractivity contribution is 5.90. The van der Waals surface area contributed by atoms with Gasteiger partial charge in [-0.1, -0.05) is 24.6 Å². The maximum Gasteiger partial charge on any atom is 0.168 e. The Morgan fingerprint density at radius 3 is 2.82 bits per heavy atom. The van der Waals surface area contributed by atoms with Crippen molar-refractivity contribution in [3.05, 3.63) is 23.8 Å². The average Bonchev–Trinajstić information content (AvgIpc) is 2.21. The SMILES string of the molecule is CC(C)=CCC[C@@H](C)C1C=CC(C)(O)C(=O)C1. The zero-order valence-electron chi connectivity index (χ0n) is 11.4. The molecule has 3 atom stereocenters. The first-order chi connectivity index (χ1) is 7.83. The molecule has 1 aliphatic rings. The van der Waals surface area contributed by atoms with Crippen molar-refractivity contribution < 1.29 is 9.90 Å². The van der Waals surface area contributed by atoms with Crippen LogP contribution in [0.25, 0.3) is 0 Å². The first-order valence-electron chi connectivity index (χ1n) is 6.41. The van der Waals surface area contributed by atoms with E-state index in [-0.39, 0.29) is 11.7 Å². The molecule has 2 unspecified atom stereocenters. The predicted molar refractivity (Wildman–Crippen MR) is 70.7 cm³/mol. The number of rotatable bonds is 4. The molecule has 0 aromatic heterocycles. The number of hydrogen-bond acceptors (Lipinski definition) is 2. The number of aliphatic hydroxyl groups is 1. The van der Waals surface area contributed by atoms with Gasteiger partial charge in [0.25, 0.3) is 0 Å². The fourth-order valence-corrected chi connectivity index (χ4v) is 2.13. The highest BCUT2D eigenvalue weighted by atomic mass is 16.3. The molecule has 1 N–H and O–H groups in total. The zero-order valence-corrected chi connectivity index (χ0v) is 11.4. The van der Waals surface area contributed by atoms with Gasteiger partial charge in [0.1, 0.15) is 5.60 Å². The van der Waals surface area contributed by atoms with Gasteiger partial charge in [-0.3, -0.25) is 4.79 Å². The van der Waals surface area contributed by atoms with Crippen LogP contribution in [0.3, 0.4) is 0 Å². The van der Waals surface area contributed by atoms with Crippen LogP contribution >= 0.6 is 0 Å². The van der Waals surface area contributed by atoms with Crippen molar-refractivity contribution in [3.63, 3.8) is 0 Å². The second kappa shape index (κ2) is 5.63. The lowest BCUT2D eigenvalue weighted by Crippen LogP contribution is -2.38. The van der Waals surface area contributed by atoms with E-state index in [0.717, 1.165) is 12.8 Å². The molecule has 1 rings (SSSR count). The summed E-state index contributed by atoms with van der Waals surface area (Å²) in [4.78, 5) is 11.7. The highest BCUT2D eigenvalue weighted by Crippen LogP contribution is 2.29. The second-order valence-corrected chi connectivity index (χ2v) is 5.63. The van der Waals surface area contributed by atoms with E-state index in [0.29, 0.717) is 12.3 Å². The molecule has 1 aliphatic carbocycles. The maximum absolute atomic E-state index is 11.7. The zero-order chi connectivity index (χ0) is 13.1. The second-order valence-electron chi connectivity index (χ2n) is 5.63. The standard InChI is InChI=1S/C15H24O2/c1-11(2)6-5-7-12(3)13-8-9-15(4,17)14(16)10-13/h6,8-9,12-13,17H,5,7,10H2,1-4H3/t12-,13?,15?/m1/s1. The number of hydrogen-bond donors (Lipinski definition) is 1. The molecule has 0 radical (unpaired) electrons. The minimum absolute atomic E-state index is 0.0564. The van der Waals surface area contributed by atoms with Gasteiger partial charge < -0.3 is 5.11 Å². The van der Waals surface area contributed by atoms with E-state index in [1.165, 1.54) is 5.57 Å². The molecular formula is C15H24O2. The third kappa shape index (κ3) is 4.12. The number of allylic oxidation sites excluding steroid dienone is 3. The van der Waals surface area contributed by atoms with E-state index < -0.39 is 5.60 Å². The van der Waals surface area contributed by atoms with Gasteiger partial charge in [0.2, 0.25) is 0 Å². The summed E-state index contributed by atoms with van der Waals surface area (Å²) in [5.74, 6) is 0.717. The smallest absolute Gasteiger partial charge is 0.168 e. The van der Waals surface area contributed by atoms with Crippen LogP contribution in [0.1, 0.15) is 47.0 Å². The molecule has 0 bridgehead atoms. The van der Waals surface area contributed by atoms with Crippen molar-refractivity contribution in [2.45, 2.75) is 52.6 Å². The van der Waals surface area contributed by atoms with Crippen LogP contribution in [0.2, 0.25) is 0 Å². The van der Waals surface area contributed by atoms with E-state index in [4.69, 9.17) is 0 Å². The molecule has 0 heterocycles. The molecule has 0 aliphatic heterocycles. The number of carbonyl (C=O) groups excluding carboxylic acids is 1. The van der Waals surface area contributed by atoms with Gasteiger partial charge in [-0.05, 0) is 51.5 Å². The maximum atomic E-state index is 11.7. The monoisotopic (exact) mass is 236 g/mol. The van der Waals surface area contributed by atoms with Crippen LogP contribution < -0.4 is 0 Å². The van der Waals surface area contributed by atoms with Crippen LogP contribution in [0.4, 0.5) is 0 Å². The molecular weight excluding hydrogens is 212 g/mol. The average molecular weight is 236 g/mol. The lowest BCUT2D eigenvalue weighted by Gasteiger charge is -2.29. The van der Waals surface area contributed by atoms with Gasteiger partial charge in [0.15, 0.2) is 5.78 Å².